The van der Waals surface area contributed by atoms with Crippen molar-refractivity contribution in [3.63, 3.8) is 0 Å². The Morgan fingerprint density at radius 3 is 2.12 bits per heavy atom. The molecule has 0 aromatic rings. The number of amides is 1. The highest BCUT2D eigenvalue weighted by molar-refractivity contribution is 5.82. The Kier molecular flexibility index (Phi) is 5.47. The molecule has 1 atom stereocenters. The van der Waals surface area contributed by atoms with Crippen LogP contribution in [0, 0.1) is 5.41 Å². The van der Waals surface area contributed by atoms with Crippen LogP contribution in [0.15, 0.2) is 0 Å². The van der Waals surface area contributed by atoms with Gasteiger partial charge in [-0.2, -0.15) is 0 Å². The summed E-state index contributed by atoms with van der Waals surface area (Å²) in [6.45, 7) is 12.7. The first-order chi connectivity index (χ1) is 7.07. The minimum absolute atomic E-state index is 0.0314. The van der Waals surface area contributed by atoms with E-state index in [9.17, 15) is 4.79 Å². The third-order valence-electron chi connectivity index (χ3n) is 2.37. The second-order valence-electron chi connectivity index (χ2n) is 6.51. The highest BCUT2D eigenvalue weighted by Gasteiger charge is 2.28. The summed E-state index contributed by atoms with van der Waals surface area (Å²) < 4.78 is 0. The zero-order valence-corrected chi connectivity index (χ0v) is 11.7. The van der Waals surface area contributed by atoms with Crippen LogP contribution in [0.1, 0.15) is 60.8 Å². The summed E-state index contributed by atoms with van der Waals surface area (Å²) in [5.74, 6) is -0.0314. The Labute approximate surface area is 100 Å². The van der Waals surface area contributed by atoms with Crippen LogP contribution in [0.25, 0.3) is 0 Å². The number of nitrogens with one attached hydrogen (secondary N) is 1. The van der Waals surface area contributed by atoms with Crippen LogP contribution >= 0.6 is 0 Å². The van der Waals surface area contributed by atoms with Crippen LogP contribution in [-0.2, 0) is 4.79 Å². The molecule has 0 aromatic heterocycles. The highest BCUT2D eigenvalue weighted by atomic mass is 16.2. The fourth-order valence-electron chi connectivity index (χ4n) is 2.24. The molecule has 0 fully saturated rings. The molecule has 0 aliphatic heterocycles. The van der Waals surface area contributed by atoms with Crippen molar-refractivity contribution >= 4 is 5.91 Å². The van der Waals surface area contributed by atoms with Gasteiger partial charge in [0.15, 0.2) is 0 Å². The Morgan fingerprint density at radius 1 is 1.25 bits per heavy atom. The molecule has 3 N–H and O–H groups in total. The molecule has 0 spiro atoms. The smallest absolute Gasteiger partial charge is 0.237 e. The van der Waals surface area contributed by atoms with Crippen molar-refractivity contribution in [3.05, 3.63) is 0 Å². The van der Waals surface area contributed by atoms with Crippen LogP contribution in [0.4, 0.5) is 0 Å². The fraction of sp³-hybridized carbons (Fsp3) is 0.923. The maximum absolute atomic E-state index is 11.8. The second kappa shape index (κ2) is 5.67. The van der Waals surface area contributed by atoms with E-state index < -0.39 is 0 Å². The first kappa shape index (κ1) is 15.4. The molecular weight excluding hydrogens is 200 g/mol. The number of nitrogens with two attached hydrogens (primary N) is 1. The maximum Gasteiger partial charge on any atom is 0.237 e. The molecular formula is C13H28N2O. The van der Waals surface area contributed by atoms with E-state index in [4.69, 9.17) is 5.73 Å². The van der Waals surface area contributed by atoms with E-state index in [2.05, 4.69) is 39.9 Å². The van der Waals surface area contributed by atoms with E-state index in [1.807, 2.05) is 6.92 Å². The molecule has 1 amide bonds. The molecule has 16 heavy (non-hydrogen) atoms. The predicted molar refractivity (Wildman–Crippen MR) is 69.2 cm³/mol. The van der Waals surface area contributed by atoms with Gasteiger partial charge in [0.05, 0.1) is 6.04 Å². The van der Waals surface area contributed by atoms with E-state index in [1.54, 1.807) is 0 Å². The minimum Gasteiger partial charge on any atom is -0.350 e. The summed E-state index contributed by atoms with van der Waals surface area (Å²) in [6, 6.07) is -0.371. The molecule has 0 unspecified atom stereocenters. The molecule has 3 nitrogen and oxygen atoms in total. The lowest BCUT2D eigenvalue weighted by Gasteiger charge is -2.34. The Morgan fingerprint density at radius 2 is 1.75 bits per heavy atom. The Balaban J connectivity index is 4.30. The fourth-order valence-corrected chi connectivity index (χ4v) is 2.24. The Bertz CT molecular complexity index is 229. The van der Waals surface area contributed by atoms with Gasteiger partial charge in [-0.25, -0.2) is 0 Å². The van der Waals surface area contributed by atoms with Crippen LogP contribution in [0.3, 0.4) is 0 Å². The van der Waals surface area contributed by atoms with Crippen molar-refractivity contribution in [2.45, 2.75) is 72.4 Å². The number of carbonyl (C=O) groups is 1. The van der Waals surface area contributed by atoms with E-state index in [0.717, 1.165) is 19.3 Å². The molecule has 0 aromatic carbocycles. The minimum atomic E-state index is -0.371. The highest BCUT2D eigenvalue weighted by Crippen LogP contribution is 2.26. The lowest BCUT2D eigenvalue weighted by Crippen LogP contribution is -2.51. The molecule has 0 bridgehead atoms. The lowest BCUT2D eigenvalue weighted by molar-refractivity contribution is -0.124. The van der Waals surface area contributed by atoms with Crippen LogP contribution in [-0.4, -0.2) is 17.5 Å². The van der Waals surface area contributed by atoms with Crippen molar-refractivity contribution in [3.8, 4) is 0 Å². The summed E-state index contributed by atoms with van der Waals surface area (Å²) >= 11 is 0. The molecule has 0 saturated carbocycles. The van der Waals surface area contributed by atoms with Gasteiger partial charge < -0.3 is 11.1 Å². The first-order valence-corrected chi connectivity index (χ1v) is 6.15. The van der Waals surface area contributed by atoms with Crippen molar-refractivity contribution in [1.82, 2.24) is 5.32 Å². The van der Waals surface area contributed by atoms with Crippen molar-refractivity contribution < 1.29 is 4.79 Å². The monoisotopic (exact) mass is 228 g/mol. The van der Waals surface area contributed by atoms with Gasteiger partial charge in [0.2, 0.25) is 5.91 Å². The van der Waals surface area contributed by atoms with Gasteiger partial charge >= 0.3 is 0 Å². The third-order valence-corrected chi connectivity index (χ3v) is 2.37. The van der Waals surface area contributed by atoms with E-state index in [1.165, 1.54) is 0 Å². The molecule has 0 aliphatic carbocycles. The van der Waals surface area contributed by atoms with Gasteiger partial charge in [-0.05, 0) is 32.1 Å². The zero-order chi connectivity index (χ0) is 13.0. The van der Waals surface area contributed by atoms with Crippen molar-refractivity contribution in [2.24, 2.45) is 11.1 Å². The summed E-state index contributed by atoms with van der Waals surface area (Å²) in [5, 5.41) is 3.03. The largest absolute Gasteiger partial charge is 0.350 e. The SMILES string of the molecule is CCC[C@@H](N)C(=O)NC(C)(C)CC(C)(C)C. The van der Waals surface area contributed by atoms with Crippen LogP contribution in [0.5, 0.6) is 0 Å². The summed E-state index contributed by atoms with van der Waals surface area (Å²) in [5.41, 5.74) is 5.79. The average molecular weight is 228 g/mol. The number of hydrogen-bond donors (Lipinski definition) is 2. The quantitative estimate of drug-likeness (QED) is 0.759. The van der Waals surface area contributed by atoms with Gasteiger partial charge in [-0.1, -0.05) is 34.1 Å². The molecule has 0 heterocycles. The third kappa shape index (κ3) is 6.83. The van der Waals surface area contributed by atoms with Gasteiger partial charge in [-0.15, -0.1) is 0 Å². The first-order valence-electron chi connectivity index (χ1n) is 6.15. The van der Waals surface area contributed by atoms with Crippen LogP contribution < -0.4 is 11.1 Å². The number of hydrogen-bond acceptors (Lipinski definition) is 2. The summed E-state index contributed by atoms with van der Waals surface area (Å²) in [7, 11) is 0. The van der Waals surface area contributed by atoms with Gasteiger partial charge in [0.1, 0.15) is 0 Å². The number of carbonyl (C=O) groups excluding carboxylic acids is 1. The van der Waals surface area contributed by atoms with Gasteiger partial charge in [-0.3, -0.25) is 4.79 Å². The molecule has 3 heteroatoms. The van der Waals surface area contributed by atoms with Crippen molar-refractivity contribution in [2.75, 3.05) is 0 Å². The molecule has 0 saturated heterocycles. The van der Waals surface area contributed by atoms with Gasteiger partial charge in [0.25, 0.3) is 0 Å². The lowest BCUT2D eigenvalue weighted by atomic mass is 9.81. The maximum atomic E-state index is 11.8. The summed E-state index contributed by atoms with van der Waals surface area (Å²) in [4.78, 5) is 11.8. The van der Waals surface area contributed by atoms with E-state index in [-0.39, 0.29) is 22.9 Å². The zero-order valence-electron chi connectivity index (χ0n) is 11.7. The standard InChI is InChI=1S/C13H28N2O/c1-7-8-10(14)11(16)15-13(5,6)9-12(2,3)4/h10H,7-9,14H2,1-6H3,(H,15,16)/t10-/m1/s1. The predicted octanol–water partition coefficient (Wildman–Crippen LogP) is 2.44. The number of rotatable bonds is 5. The van der Waals surface area contributed by atoms with E-state index >= 15 is 0 Å². The molecule has 0 radical (unpaired) electrons. The topological polar surface area (TPSA) is 55.1 Å². The van der Waals surface area contributed by atoms with E-state index in [0.29, 0.717) is 0 Å². The normalized spacial score (nSPS) is 14.7. The average Bonchev–Trinajstić information content (AvgIpc) is 1.98. The Hall–Kier alpha value is -0.570. The second-order valence-corrected chi connectivity index (χ2v) is 6.51. The molecule has 0 rings (SSSR count). The van der Waals surface area contributed by atoms with Crippen LogP contribution in [0.2, 0.25) is 0 Å². The van der Waals surface area contributed by atoms with Gasteiger partial charge in [0, 0.05) is 5.54 Å². The molecule has 0 aliphatic rings. The molecule has 96 valence electrons. The summed E-state index contributed by atoms with van der Waals surface area (Å²) in [6.07, 6.45) is 2.62. The van der Waals surface area contributed by atoms with Crippen molar-refractivity contribution in [1.29, 1.82) is 0 Å².